The van der Waals surface area contributed by atoms with Gasteiger partial charge in [0.15, 0.2) is 0 Å². The standard InChI is InChI=1S/C14H27N3O/c1-12-4-2-3-5-13(12)16-14(18)6-9-17-10-7-15-8-11-17/h12-13,15H,2-11H2,1H3,(H,16,18). The van der Waals surface area contributed by atoms with Crippen molar-refractivity contribution in [1.82, 2.24) is 15.5 Å². The first-order valence-corrected chi connectivity index (χ1v) is 7.48. The highest BCUT2D eigenvalue weighted by atomic mass is 16.1. The second kappa shape index (κ2) is 7.10. The van der Waals surface area contributed by atoms with Crippen LogP contribution in [0.15, 0.2) is 0 Å². The van der Waals surface area contributed by atoms with Gasteiger partial charge in [0.1, 0.15) is 0 Å². The minimum absolute atomic E-state index is 0.243. The van der Waals surface area contributed by atoms with Crippen LogP contribution in [0.1, 0.15) is 39.0 Å². The largest absolute Gasteiger partial charge is 0.353 e. The lowest BCUT2D eigenvalue weighted by Gasteiger charge is -2.30. The van der Waals surface area contributed by atoms with E-state index in [1.165, 1.54) is 25.7 Å². The summed E-state index contributed by atoms with van der Waals surface area (Å²) in [5, 5.41) is 6.56. The molecule has 104 valence electrons. The van der Waals surface area contributed by atoms with Gasteiger partial charge in [0.25, 0.3) is 0 Å². The van der Waals surface area contributed by atoms with Crippen molar-refractivity contribution in [3.63, 3.8) is 0 Å². The van der Waals surface area contributed by atoms with Crippen molar-refractivity contribution in [3.05, 3.63) is 0 Å². The van der Waals surface area contributed by atoms with Crippen molar-refractivity contribution < 1.29 is 4.79 Å². The van der Waals surface area contributed by atoms with E-state index in [0.717, 1.165) is 32.7 Å². The first-order valence-electron chi connectivity index (χ1n) is 7.48. The smallest absolute Gasteiger partial charge is 0.221 e. The maximum Gasteiger partial charge on any atom is 0.221 e. The third-order valence-electron chi connectivity index (χ3n) is 4.32. The lowest BCUT2D eigenvalue weighted by atomic mass is 9.86. The van der Waals surface area contributed by atoms with Crippen LogP contribution in [0.4, 0.5) is 0 Å². The number of piperazine rings is 1. The van der Waals surface area contributed by atoms with Crippen LogP contribution in [-0.4, -0.2) is 49.6 Å². The fraction of sp³-hybridized carbons (Fsp3) is 0.929. The second-order valence-corrected chi connectivity index (χ2v) is 5.78. The Morgan fingerprint density at radius 2 is 2.00 bits per heavy atom. The molecule has 1 amide bonds. The van der Waals surface area contributed by atoms with Gasteiger partial charge in [-0.3, -0.25) is 4.79 Å². The molecule has 2 unspecified atom stereocenters. The van der Waals surface area contributed by atoms with Gasteiger partial charge < -0.3 is 15.5 Å². The molecule has 4 nitrogen and oxygen atoms in total. The maximum atomic E-state index is 11.9. The van der Waals surface area contributed by atoms with Crippen LogP contribution in [0.2, 0.25) is 0 Å². The van der Waals surface area contributed by atoms with E-state index in [1.54, 1.807) is 0 Å². The zero-order valence-electron chi connectivity index (χ0n) is 11.6. The summed E-state index contributed by atoms with van der Waals surface area (Å²) in [6, 6.07) is 0.425. The molecule has 2 fully saturated rings. The van der Waals surface area contributed by atoms with Gasteiger partial charge in [-0.2, -0.15) is 0 Å². The highest BCUT2D eigenvalue weighted by Gasteiger charge is 2.22. The van der Waals surface area contributed by atoms with Gasteiger partial charge in [0.05, 0.1) is 0 Å². The summed E-state index contributed by atoms with van der Waals surface area (Å²) in [6.07, 6.45) is 5.69. The summed E-state index contributed by atoms with van der Waals surface area (Å²) in [6.45, 7) is 7.44. The predicted molar refractivity (Wildman–Crippen MR) is 73.5 cm³/mol. The molecule has 2 N–H and O–H groups in total. The Labute approximate surface area is 110 Å². The molecule has 4 heteroatoms. The molecule has 0 aromatic rings. The molecule has 0 spiro atoms. The lowest BCUT2D eigenvalue weighted by molar-refractivity contribution is -0.122. The molecule has 1 aliphatic heterocycles. The predicted octanol–water partition coefficient (Wildman–Crippen LogP) is 0.977. The zero-order chi connectivity index (χ0) is 12.8. The minimum atomic E-state index is 0.243. The van der Waals surface area contributed by atoms with Crippen molar-refractivity contribution in [3.8, 4) is 0 Å². The van der Waals surface area contributed by atoms with Gasteiger partial charge in [0.2, 0.25) is 5.91 Å². The molecule has 0 bridgehead atoms. The molecule has 1 saturated heterocycles. The average molecular weight is 253 g/mol. The number of carbonyl (C=O) groups excluding carboxylic acids is 1. The Hall–Kier alpha value is -0.610. The van der Waals surface area contributed by atoms with Gasteiger partial charge in [-0.25, -0.2) is 0 Å². The first kappa shape index (κ1) is 13.8. The number of nitrogens with one attached hydrogen (secondary N) is 2. The van der Waals surface area contributed by atoms with Crippen LogP contribution in [-0.2, 0) is 4.79 Å². The van der Waals surface area contributed by atoms with Gasteiger partial charge >= 0.3 is 0 Å². The van der Waals surface area contributed by atoms with Crippen molar-refractivity contribution in [2.45, 2.75) is 45.1 Å². The molecular formula is C14H27N3O. The van der Waals surface area contributed by atoms with E-state index >= 15 is 0 Å². The van der Waals surface area contributed by atoms with E-state index < -0.39 is 0 Å². The third kappa shape index (κ3) is 4.25. The highest BCUT2D eigenvalue weighted by Crippen LogP contribution is 2.23. The molecule has 0 radical (unpaired) electrons. The maximum absolute atomic E-state index is 11.9. The number of hydrogen-bond donors (Lipinski definition) is 2. The van der Waals surface area contributed by atoms with E-state index in [0.29, 0.717) is 18.4 Å². The van der Waals surface area contributed by atoms with Crippen LogP contribution in [0, 0.1) is 5.92 Å². The molecule has 1 heterocycles. The van der Waals surface area contributed by atoms with E-state index in [2.05, 4.69) is 22.5 Å². The number of hydrogen-bond acceptors (Lipinski definition) is 3. The fourth-order valence-electron chi connectivity index (χ4n) is 3.00. The first-order chi connectivity index (χ1) is 8.75. The highest BCUT2D eigenvalue weighted by molar-refractivity contribution is 5.76. The van der Waals surface area contributed by atoms with Gasteiger partial charge in [0, 0.05) is 45.2 Å². The quantitative estimate of drug-likeness (QED) is 0.785. The average Bonchev–Trinajstić information content (AvgIpc) is 2.40. The number of nitrogens with zero attached hydrogens (tertiary/aromatic N) is 1. The zero-order valence-corrected chi connectivity index (χ0v) is 11.6. The van der Waals surface area contributed by atoms with Crippen LogP contribution >= 0.6 is 0 Å². The van der Waals surface area contributed by atoms with Crippen molar-refractivity contribution in [1.29, 1.82) is 0 Å². The summed E-state index contributed by atoms with van der Waals surface area (Å²) >= 11 is 0. The Balaban J connectivity index is 1.64. The van der Waals surface area contributed by atoms with E-state index in [-0.39, 0.29) is 5.91 Å². The number of carbonyl (C=O) groups is 1. The summed E-state index contributed by atoms with van der Waals surface area (Å²) in [4.78, 5) is 14.3. The summed E-state index contributed by atoms with van der Waals surface area (Å²) in [5.74, 6) is 0.897. The van der Waals surface area contributed by atoms with Gasteiger partial charge in [-0.15, -0.1) is 0 Å². The molecule has 1 saturated carbocycles. The summed E-state index contributed by atoms with van der Waals surface area (Å²) < 4.78 is 0. The number of rotatable bonds is 4. The molecular weight excluding hydrogens is 226 g/mol. The van der Waals surface area contributed by atoms with Crippen molar-refractivity contribution in [2.75, 3.05) is 32.7 Å². The van der Waals surface area contributed by atoms with Gasteiger partial charge in [-0.05, 0) is 18.8 Å². The fourth-order valence-corrected chi connectivity index (χ4v) is 3.00. The van der Waals surface area contributed by atoms with Crippen LogP contribution in [0.5, 0.6) is 0 Å². The van der Waals surface area contributed by atoms with Crippen LogP contribution in [0.3, 0.4) is 0 Å². The third-order valence-corrected chi connectivity index (χ3v) is 4.32. The Morgan fingerprint density at radius 1 is 1.28 bits per heavy atom. The topological polar surface area (TPSA) is 44.4 Å². The van der Waals surface area contributed by atoms with Crippen molar-refractivity contribution in [2.24, 2.45) is 5.92 Å². The summed E-state index contributed by atoms with van der Waals surface area (Å²) in [5.41, 5.74) is 0. The Morgan fingerprint density at radius 3 is 2.72 bits per heavy atom. The lowest BCUT2D eigenvalue weighted by Crippen LogP contribution is -2.46. The van der Waals surface area contributed by atoms with Crippen molar-refractivity contribution >= 4 is 5.91 Å². The van der Waals surface area contributed by atoms with E-state index in [4.69, 9.17) is 0 Å². The van der Waals surface area contributed by atoms with E-state index in [1.807, 2.05) is 0 Å². The Bertz CT molecular complexity index is 264. The molecule has 2 rings (SSSR count). The second-order valence-electron chi connectivity index (χ2n) is 5.78. The van der Waals surface area contributed by atoms with Crippen LogP contribution < -0.4 is 10.6 Å². The normalized spacial score (nSPS) is 30.1. The molecule has 2 aliphatic rings. The minimum Gasteiger partial charge on any atom is -0.353 e. The molecule has 0 aromatic carbocycles. The van der Waals surface area contributed by atoms with E-state index in [9.17, 15) is 4.79 Å². The number of amides is 1. The molecule has 18 heavy (non-hydrogen) atoms. The monoisotopic (exact) mass is 253 g/mol. The summed E-state index contributed by atoms with van der Waals surface area (Å²) in [7, 11) is 0. The van der Waals surface area contributed by atoms with Crippen LogP contribution in [0.25, 0.3) is 0 Å². The molecule has 1 aliphatic carbocycles. The van der Waals surface area contributed by atoms with Gasteiger partial charge in [-0.1, -0.05) is 19.8 Å². The molecule has 2 atom stereocenters. The SMILES string of the molecule is CC1CCCCC1NC(=O)CCN1CCNCC1. The molecule has 0 aromatic heterocycles. The Kier molecular flexibility index (Phi) is 5.45.